The zero-order valence-electron chi connectivity index (χ0n) is 28.4. The van der Waals surface area contributed by atoms with E-state index in [0.717, 1.165) is 19.4 Å². The van der Waals surface area contributed by atoms with Gasteiger partial charge in [-0.3, -0.25) is 14.9 Å². The summed E-state index contributed by atoms with van der Waals surface area (Å²) in [6, 6.07) is 26.7. The third-order valence-electron chi connectivity index (χ3n) is 9.14. The highest BCUT2D eigenvalue weighted by Crippen LogP contribution is 2.52. The van der Waals surface area contributed by atoms with Crippen LogP contribution in [0.3, 0.4) is 0 Å². The first-order chi connectivity index (χ1) is 25.0. The monoisotopic (exact) mass is 717 g/mol. The minimum absolute atomic E-state index is 0.00835. The highest BCUT2D eigenvalue weighted by atomic mass is 16.6. The number of nitrogens with zero attached hydrogens (tertiary/aromatic N) is 1. The van der Waals surface area contributed by atoms with Crippen molar-refractivity contribution in [2.45, 2.75) is 75.5 Å². The Morgan fingerprint density at radius 2 is 1.37 bits per heavy atom. The van der Waals surface area contributed by atoms with Crippen molar-refractivity contribution in [1.29, 1.82) is 0 Å². The van der Waals surface area contributed by atoms with E-state index in [9.17, 15) is 29.4 Å². The van der Waals surface area contributed by atoms with Gasteiger partial charge in [0.1, 0.15) is 18.2 Å². The van der Waals surface area contributed by atoms with Crippen LogP contribution < -0.4 is 10.6 Å². The summed E-state index contributed by atoms with van der Waals surface area (Å²) < 4.78 is 34.9. The van der Waals surface area contributed by atoms with E-state index in [1.165, 1.54) is 0 Å². The molecule has 1 aliphatic carbocycles. The van der Waals surface area contributed by atoms with Gasteiger partial charge in [0.25, 0.3) is 0 Å². The van der Waals surface area contributed by atoms with Crippen molar-refractivity contribution in [3.8, 4) is 0 Å². The van der Waals surface area contributed by atoms with Gasteiger partial charge in [0.05, 0.1) is 25.7 Å². The maximum atomic E-state index is 14.1. The molecule has 0 radical (unpaired) electrons. The van der Waals surface area contributed by atoms with E-state index in [4.69, 9.17) is 28.4 Å². The minimum Gasteiger partial charge on any atom is -0.459 e. The Hall–Kier alpha value is -5.35. The van der Waals surface area contributed by atoms with Crippen LogP contribution in [0.5, 0.6) is 0 Å². The van der Waals surface area contributed by atoms with E-state index >= 15 is 0 Å². The number of hydrogen-bond donors (Lipinski definition) is 4. The fraction of sp³-hybridized carbons (Fsp3) is 0.378. The number of aliphatic hydroxyl groups is 2. The maximum Gasteiger partial charge on any atom is 0.414 e. The third kappa shape index (κ3) is 7.48. The molecule has 8 atom stereocenters. The second-order valence-corrected chi connectivity index (χ2v) is 12.7. The van der Waals surface area contributed by atoms with Crippen LogP contribution in [-0.4, -0.2) is 88.6 Å². The molecule has 3 aromatic rings. The second-order valence-electron chi connectivity index (χ2n) is 12.7. The van der Waals surface area contributed by atoms with E-state index in [-0.39, 0.29) is 25.8 Å². The summed E-state index contributed by atoms with van der Waals surface area (Å²) in [6.07, 6.45) is -9.67. The summed E-state index contributed by atoms with van der Waals surface area (Å²) in [5.74, 6) is -4.66. The number of benzene rings is 3. The van der Waals surface area contributed by atoms with Crippen LogP contribution in [0, 0.1) is 5.92 Å². The number of carbonyl (C=O) groups excluding carboxylic acids is 4. The van der Waals surface area contributed by atoms with Crippen LogP contribution in [0.4, 0.5) is 4.79 Å². The lowest BCUT2D eigenvalue weighted by molar-refractivity contribution is -0.320. The Morgan fingerprint density at radius 3 is 1.94 bits per heavy atom. The number of aliphatic imine (C=N–C) groups is 1. The van der Waals surface area contributed by atoms with E-state index in [1.807, 2.05) is 12.1 Å². The Balaban J connectivity index is 1.41. The van der Waals surface area contributed by atoms with Gasteiger partial charge in [0.2, 0.25) is 5.96 Å². The molecule has 6 rings (SSSR count). The number of hydrogen-bond acceptors (Lipinski definition) is 14. The number of alkyl carbamates (subject to hydrolysis) is 1. The van der Waals surface area contributed by atoms with Crippen molar-refractivity contribution in [1.82, 2.24) is 10.6 Å². The quantitative estimate of drug-likeness (QED) is 0.166. The molecule has 2 bridgehead atoms. The lowest BCUT2D eigenvalue weighted by atomic mass is 9.57. The molecule has 4 N–H and O–H groups in total. The number of rotatable bonds is 11. The molecule has 274 valence electrons. The number of aliphatic hydroxyl groups excluding tert-OH is 1. The molecule has 3 aliphatic rings. The first kappa shape index (κ1) is 36.4. The largest absolute Gasteiger partial charge is 0.459 e. The van der Waals surface area contributed by atoms with Gasteiger partial charge in [-0.15, -0.1) is 0 Å². The topological polar surface area (TPSA) is 201 Å². The fourth-order valence-corrected chi connectivity index (χ4v) is 7.01. The zero-order valence-corrected chi connectivity index (χ0v) is 28.4. The first-order valence-electron chi connectivity index (χ1n) is 16.6. The van der Waals surface area contributed by atoms with Crippen LogP contribution in [0.25, 0.3) is 0 Å². The Labute approximate surface area is 298 Å². The summed E-state index contributed by atoms with van der Waals surface area (Å²) in [7, 11) is 0. The van der Waals surface area contributed by atoms with Crippen molar-refractivity contribution in [3.05, 3.63) is 108 Å². The van der Waals surface area contributed by atoms with E-state index < -0.39 is 78.3 Å². The molecule has 1 saturated carbocycles. The molecule has 15 heteroatoms. The SMILES string of the molecule is CC(=O)OC1C2C(O)N=C(NC(=O)OCc3ccccc3)NC23C(OC(C)=O)C(OC(=O)[C@H]3OCc2ccccc2)C1(O)COCc1ccccc1. The van der Waals surface area contributed by atoms with Crippen LogP contribution in [0.1, 0.15) is 30.5 Å². The predicted octanol–water partition coefficient (Wildman–Crippen LogP) is 1.88. The number of carbonyl (C=O) groups is 4. The molecule has 1 amide bonds. The van der Waals surface area contributed by atoms with E-state index in [0.29, 0.717) is 11.1 Å². The van der Waals surface area contributed by atoms with Crippen molar-refractivity contribution in [3.63, 3.8) is 0 Å². The lowest BCUT2D eigenvalue weighted by Gasteiger charge is -2.64. The first-order valence-corrected chi connectivity index (χ1v) is 16.6. The summed E-state index contributed by atoms with van der Waals surface area (Å²) in [6.45, 7) is 1.33. The number of amides is 1. The van der Waals surface area contributed by atoms with Gasteiger partial charge in [0.15, 0.2) is 30.1 Å². The molecule has 1 saturated heterocycles. The van der Waals surface area contributed by atoms with Gasteiger partial charge in [0, 0.05) is 13.8 Å². The van der Waals surface area contributed by atoms with Crippen molar-refractivity contribution in [2.75, 3.05) is 6.61 Å². The van der Waals surface area contributed by atoms with Crippen LogP contribution in [0.15, 0.2) is 96.0 Å². The average Bonchev–Trinajstić information content (AvgIpc) is 3.11. The number of esters is 3. The molecular weight excluding hydrogens is 678 g/mol. The third-order valence-corrected chi connectivity index (χ3v) is 9.14. The maximum absolute atomic E-state index is 14.1. The molecule has 2 aliphatic heterocycles. The fourth-order valence-electron chi connectivity index (χ4n) is 7.01. The summed E-state index contributed by atoms with van der Waals surface area (Å²) in [5.41, 5.74) is -2.39. The Bertz CT molecular complexity index is 1780. The summed E-state index contributed by atoms with van der Waals surface area (Å²) >= 11 is 0. The van der Waals surface area contributed by atoms with Crippen molar-refractivity contribution >= 4 is 30.0 Å². The number of ether oxygens (including phenoxy) is 6. The number of guanidine groups is 1. The molecule has 1 spiro atoms. The standard InChI is InChI=1S/C37H39N3O12/c1-22(41)50-28-27-32(43)38-34(39-35(45)49-20-26-16-10-5-11-17-26)40-37(27)30(51-23(2)42)29(36(28,46)21-47-18-24-12-6-3-7-13-24)52-33(44)31(37)48-19-25-14-8-4-9-15-25/h3-17,27-32,43,46H,18-21H2,1-2H3,(H2,38,39,40,45)/t27?,28?,29?,30?,31-,32?,36?,37?/m1/s1. The molecule has 3 aromatic carbocycles. The van der Waals surface area contributed by atoms with Crippen LogP contribution in [-0.2, 0) is 62.6 Å². The van der Waals surface area contributed by atoms with Gasteiger partial charge in [-0.25, -0.2) is 14.6 Å². The number of fused-ring (bicyclic) bond motifs is 1. The number of nitrogens with one attached hydrogen (secondary N) is 2. The molecule has 52 heavy (non-hydrogen) atoms. The van der Waals surface area contributed by atoms with Crippen LogP contribution >= 0.6 is 0 Å². The Kier molecular flexibility index (Phi) is 10.9. The zero-order chi connectivity index (χ0) is 36.9. The average molecular weight is 718 g/mol. The van der Waals surface area contributed by atoms with Gasteiger partial charge in [-0.05, 0) is 16.7 Å². The van der Waals surface area contributed by atoms with Gasteiger partial charge in [-0.1, -0.05) is 91.0 Å². The van der Waals surface area contributed by atoms with Gasteiger partial charge in [-0.2, -0.15) is 0 Å². The second kappa shape index (κ2) is 15.5. The van der Waals surface area contributed by atoms with Gasteiger partial charge >= 0.3 is 24.0 Å². The smallest absolute Gasteiger partial charge is 0.414 e. The molecular formula is C37H39N3O12. The van der Waals surface area contributed by atoms with Crippen LogP contribution in [0.2, 0.25) is 0 Å². The highest BCUT2D eigenvalue weighted by molar-refractivity contribution is 5.96. The molecule has 0 aromatic heterocycles. The lowest BCUT2D eigenvalue weighted by Crippen LogP contribution is -2.89. The summed E-state index contributed by atoms with van der Waals surface area (Å²) in [4.78, 5) is 56.8. The molecule has 2 fully saturated rings. The van der Waals surface area contributed by atoms with Crippen molar-refractivity contribution in [2.24, 2.45) is 10.9 Å². The van der Waals surface area contributed by atoms with Crippen molar-refractivity contribution < 1.29 is 57.8 Å². The van der Waals surface area contributed by atoms with Gasteiger partial charge < -0.3 is 44.0 Å². The molecule has 7 unspecified atom stereocenters. The molecule has 15 nitrogen and oxygen atoms in total. The minimum atomic E-state index is -2.41. The predicted molar refractivity (Wildman–Crippen MR) is 180 cm³/mol. The van der Waals surface area contributed by atoms with E-state index in [2.05, 4.69) is 15.6 Å². The highest BCUT2D eigenvalue weighted by Gasteiger charge is 2.78. The summed E-state index contributed by atoms with van der Waals surface area (Å²) in [5, 5.41) is 29.8. The Morgan fingerprint density at radius 1 is 0.827 bits per heavy atom. The van der Waals surface area contributed by atoms with E-state index in [1.54, 1.807) is 78.9 Å². The normalized spacial score (nSPS) is 28.9. The molecule has 2 heterocycles.